The molecule has 1 aromatic heterocycles. The monoisotopic (exact) mass is 490 g/mol. The second-order valence-corrected chi connectivity index (χ2v) is 10.6. The van der Waals surface area contributed by atoms with Crippen LogP contribution in [-0.2, 0) is 21.4 Å². The first-order chi connectivity index (χ1) is 13.3. The molecular weight excluding hydrogens is 471 g/mol. The maximum atomic E-state index is 13.1. The molecule has 1 unspecified atom stereocenters. The SMILES string of the molecule is CC(Oc1ccc(F)cc1Br)C(=O)NCc1ccc(S(=O)(=O)N2CCCC2)s1. The fraction of sp³-hybridized carbons (Fsp3) is 0.389. The lowest BCUT2D eigenvalue weighted by atomic mass is 10.3. The highest BCUT2D eigenvalue weighted by molar-refractivity contribution is 9.10. The number of hydrogen-bond donors (Lipinski definition) is 1. The fourth-order valence-corrected chi connectivity index (χ4v) is 6.19. The summed E-state index contributed by atoms with van der Waals surface area (Å²) in [7, 11) is -3.44. The number of rotatable bonds is 7. The van der Waals surface area contributed by atoms with Gasteiger partial charge < -0.3 is 10.1 Å². The summed E-state index contributed by atoms with van der Waals surface area (Å²) in [5.41, 5.74) is 0. The van der Waals surface area contributed by atoms with Crippen LogP contribution >= 0.6 is 27.3 Å². The molecule has 28 heavy (non-hydrogen) atoms. The standard InChI is InChI=1S/C18H20BrFN2O4S2/c1-12(26-16-6-4-13(20)10-15(16)19)18(23)21-11-14-5-7-17(27-14)28(24,25)22-8-2-3-9-22/h4-7,10,12H,2-3,8-9,11H2,1H3,(H,21,23). The topological polar surface area (TPSA) is 75.7 Å². The lowest BCUT2D eigenvalue weighted by Crippen LogP contribution is -2.35. The molecule has 1 aliphatic heterocycles. The fourth-order valence-electron chi connectivity index (χ4n) is 2.78. The van der Waals surface area contributed by atoms with Crippen LogP contribution < -0.4 is 10.1 Å². The summed E-state index contributed by atoms with van der Waals surface area (Å²) in [6.45, 7) is 2.90. The van der Waals surface area contributed by atoms with E-state index in [1.165, 1.54) is 22.5 Å². The van der Waals surface area contributed by atoms with E-state index in [0.717, 1.165) is 29.1 Å². The quantitative estimate of drug-likeness (QED) is 0.644. The number of carbonyl (C=O) groups is 1. The van der Waals surface area contributed by atoms with Gasteiger partial charge in [-0.1, -0.05) is 0 Å². The van der Waals surface area contributed by atoms with E-state index in [0.29, 0.717) is 23.3 Å². The highest BCUT2D eigenvalue weighted by Gasteiger charge is 2.28. The van der Waals surface area contributed by atoms with E-state index in [9.17, 15) is 17.6 Å². The Balaban J connectivity index is 1.56. The number of halogens is 2. The first-order valence-corrected chi connectivity index (χ1v) is 11.8. The van der Waals surface area contributed by atoms with Crippen molar-refractivity contribution in [3.05, 3.63) is 45.5 Å². The number of nitrogens with one attached hydrogen (secondary N) is 1. The summed E-state index contributed by atoms with van der Waals surface area (Å²) in [6.07, 6.45) is 0.972. The second kappa shape index (κ2) is 8.89. The summed E-state index contributed by atoms with van der Waals surface area (Å²) < 4.78 is 46.0. The normalized spacial score (nSPS) is 16.1. The van der Waals surface area contributed by atoms with Crippen molar-refractivity contribution in [1.82, 2.24) is 9.62 Å². The number of nitrogens with zero attached hydrogens (tertiary/aromatic N) is 1. The molecule has 0 aliphatic carbocycles. The van der Waals surface area contributed by atoms with Gasteiger partial charge in [-0.25, -0.2) is 12.8 Å². The molecule has 1 amide bonds. The summed E-state index contributed by atoms with van der Waals surface area (Å²) in [6, 6.07) is 7.23. The van der Waals surface area contributed by atoms with Gasteiger partial charge in [0, 0.05) is 18.0 Å². The van der Waals surface area contributed by atoms with Crippen LogP contribution in [-0.4, -0.2) is 37.8 Å². The first kappa shape index (κ1) is 21.2. The van der Waals surface area contributed by atoms with Gasteiger partial charge in [-0.05, 0) is 66.0 Å². The number of sulfonamides is 1. The molecule has 2 heterocycles. The van der Waals surface area contributed by atoms with Gasteiger partial charge in [0.2, 0.25) is 0 Å². The lowest BCUT2D eigenvalue weighted by Gasteiger charge is -2.15. The van der Waals surface area contributed by atoms with Crippen molar-refractivity contribution in [2.24, 2.45) is 0 Å². The van der Waals surface area contributed by atoms with Crippen molar-refractivity contribution >= 4 is 43.2 Å². The summed E-state index contributed by atoms with van der Waals surface area (Å²) in [4.78, 5) is 13.0. The van der Waals surface area contributed by atoms with Gasteiger partial charge in [0.05, 0.1) is 11.0 Å². The Morgan fingerprint density at radius 3 is 2.71 bits per heavy atom. The average molecular weight is 491 g/mol. The average Bonchev–Trinajstić information content (AvgIpc) is 3.34. The molecule has 1 aromatic carbocycles. The smallest absolute Gasteiger partial charge is 0.261 e. The van der Waals surface area contributed by atoms with Crippen LogP contribution in [0.25, 0.3) is 0 Å². The molecule has 10 heteroatoms. The number of carbonyl (C=O) groups excluding carboxylic acids is 1. The minimum atomic E-state index is -3.44. The number of amides is 1. The molecule has 1 N–H and O–H groups in total. The Hall–Kier alpha value is -1.49. The molecule has 2 aromatic rings. The molecule has 1 saturated heterocycles. The minimum absolute atomic E-state index is 0.206. The molecule has 6 nitrogen and oxygen atoms in total. The van der Waals surface area contributed by atoms with Gasteiger partial charge in [0.15, 0.2) is 6.10 Å². The van der Waals surface area contributed by atoms with E-state index in [1.54, 1.807) is 19.1 Å². The summed E-state index contributed by atoms with van der Waals surface area (Å²) in [5, 5.41) is 2.73. The Labute approximate surface area is 175 Å². The highest BCUT2D eigenvalue weighted by Crippen LogP contribution is 2.28. The van der Waals surface area contributed by atoms with Gasteiger partial charge in [-0.2, -0.15) is 4.31 Å². The largest absolute Gasteiger partial charge is 0.480 e. The minimum Gasteiger partial charge on any atom is -0.480 e. The van der Waals surface area contributed by atoms with Crippen LogP contribution in [0.15, 0.2) is 39.0 Å². The number of thiophene rings is 1. The van der Waals surface area contributed by atoms with E-state index in [1.807, 2.05) is 0 Å². The molecule has 0 radical (unpaired) electrons. The van der Waals surface area contributed by atoms with Crippen LogP contribution in [0.3, 0.4) is 0 Å². The summed E-state index contributed by atoms with van der Waals surface area (Å²) >= 11 is 4.35. The first-order valence-electron chi connectivity index (χ1n) is 8.75. The lowest BCUT2D eigenvalue weighted by molar-refractivity contribution is -0.127. The van der Waals surface area contributed by atoms with E-state index < -0.39 is 21.9 Å². The van der Waals surface area contributed by atoms with Crippen LogP contribution in [0.2, 0.25) is 0 Å². The van der Waals surface area contributed by atoms with E-state index in [-0.39, 0.29) is 16.7 Å². The third-order valence-corrected chi connectivity index (χ3v) is 8.37. The maximum Gasteiger partial charge on any atom is 0.261 e. The molecule has 0 bridgehead atoms. The third-order valence-electron chi connectivity index (χ3n) is 4.30. The van der Waals surface area contributed by atoms with E-state index >= 15 is 0 Å². The van der Waals surface area contributed by atoms with Gasteiger partial charge in [0.1, 0.15) is 15.8 Å². The molecule has 152 valence electrons. The van der Waals surface area contributed by atoms with Crippen LogP contribution in [0.1, 0.15) is 24.6 Å². The Bertz CT molecular complexity index is 958. The molecule has 1 fully saturated rings. The predicted molar refractivity (Wildman–Crippen MR) is 108 cm³/mol. The summed E-state index contributed by atoms with van der Waals surface area (Å²) in [5.74, 6) is -0.401. The van der Waals surface area contributed by atoms with Crippen molar-refractivity contribution in [2.45, 2.75) is 36.6 Å². The predicted octanol–water partition coefficient (Wildman–Crippen LogP) is 3.52. The molecular formula is C18H20BrFN2O4S2. The van der Waals surface area contributed by atoms with Crippen molar-refractivity contribution in [1.29, 1.82) is 0 Å². The molecule has 1 atom stereocenters. The van der Waals surface area contributed by atoms with Crippen molar-refractivity contribution in [3.8, 4) is 5.75 Å². The van der Waals surface area contributed by atoms with Gasteiger partial charge in [-0.3, -0.25) is 4.79 Å². The number of benzene rings is 1. The Morgan fingerprint density at radius 1 is 1.32 bits per heavy atom. The maximum absolute atomic E-state index is 13.1. The molecule has 1 aliphatic rings. The third kappa shape index (κ3) is 4.91. The van der Waals surface area contributed by atoms with Gasteiger partial charge in [-0.15, -0.1) is 11.3 Å². The van der Waals surface area contributed by atoms with Crippen LogP contribution in [0, 0.1) is 5.82 Å². The van der Waals surface area contributed by atoms with Gasteiger partial charge >= 0.3 is 0 Å². The van der Waals surface area contributed by atoms with Crippen molar-refractivity contribution in [3.63, 3.8) is 0 Å². The van der Waals surface area contributed by atoms with E-state index in [4.69, 9.17) is 4.74 Å². The molecule has 0 spiro atoms. The van der Waals surface area contributed by atoms with Crippen molar-refractivity contribution in [2.75, 3.05) is 13.1 Å². The van der Waals surface area contributed by atoms with Crippen molar-refractivity contribution < 1.29 is 22.3 Å². The number of ether oxygens (including phenoxy) is 1. The number of hydrogen-bond acceptors (Lipinski definition) is 5. The van der Waals surface area contributed by atoms with Crippen LogP contribution in [0.4, 0.5) is 4.39 Å². The van der Waals surface area contributed by atoms with E-state index in [2.05, 4.69) is 21.2 Å². The molecule has 0 saturated carbocycles. The molecule has 3 rings (SSSR count). The zero-order valence-corrected chi connectivity index (χ0v) is 18.4. The zero-order chi connectivity index (χ0) is 20.3. The zero-order valence-electron chi connectivity index (χ0n) is 15.2. The highest BCUT2D eigenvalue weighted by atomic mass is 79.9. The Kier molecular flexibility index (Phi) is 6.74. The second-order valence-electron chi connectivity index (χ2n) is 6.38. The van der Waals surface area contributed by atoms with Crippen LogP contribution in [0.5, 0.6) is 5.75 Å². The Morgan fingerprint density at radius 2 is 2.04 bits per heavy atom. The van der Waals surface area contributed by atoms with Gasteiger partial charge in [0.25, 0.3) is 15.9 Å².